The molecular weight excluding hydrogens is 495 g/mol. The second kappa shape index (κ2) is 9.10. The summed E-state index contributed by atoms with van der Waals surface area (Å²) in [6, 6.07) is 13.6. The minimum Gasteiger partial charge on any atom is -0.266 e. The van der Waals surface area contributed by atoms with E-state index in [2.05, 4.69) is 37.1 Å². The molecule has 0 aliphatic rings. The third kappa shape index (κ3) is 5.91. The lowest BCUT2D eigenvalue weighted by Gasteiger charge is -2.05. The Morgan fingerprint density at radius 3 is 2.41 bits per heavy atom. The van der Waals surface area contributed by atoms with Gasteiger partial charge in [0.2, 0.25) is 0 Å². The lowest BCUT2D eigenvalue weighted by atomic mass is 10.2. The smallest absolute Gasteiger partial charge is 0.266 e. The number of aromatic nitrogens is 1. The number of carbonyl (C=O) groups is 1. The Balaban J connectivity index is 1.91. The van der Waals surface area contributed by atoms with Crippen LogP contribution in [0.2, 0.25) is 10.0 Å². The Kier molecular flexibility index (Phi) is 6.76. The summed E-state index contributed by atoms with van der Waals surface area (Å²) in [7, 11) is -3.04. The van der Waals surface area contributed by atoms with Gasteiger partial charge in [-0.2, -0.15) is 4.36 Å². The second-order valence-corrected chi connectivity index (χ2v) is 10.1. The summed E-state index contributed by atoms with van der Waals surface area (Å²) in [6.07, 6.45) is 4.26. The molecule has 3 aromatic rings. The van der Waals surface area contributed by atoms with Crippen LogP contribution in [0.3, 0.4) is 0 Å². The Labute approximate surface area is 187 Å². The summed E-state index contributed by atoms with van der Waals surface area (Å²) in [6.45, 7) is 0. The lowest BCUT2D eigenvalue weighted by Crippen LogP contribution is -2.04. The normalized spacial score (nSPS) is 12.4. The van der Waals surface area contributed by atoms with Gasteiger partial charge in [0.15, 0.2) is 0 Å². The minimum absolute atomic E-state index is 0.189. The largest absolute Gasteiger partial charge is 0.286 e. The van der Waals surface area contributed by atoms with Gasteiger partial charge in [0.25, 0.3) is 5.91 Å². The first-order chi connectivity index (χ1) is 13.7. The number of amides is 1. The van der Waals surface area contributed by atoms with Crippen LogP contribution in [0.15, 0.2) is 74.7 Å². The van der Waals surface area contributed by atoms with Crippen molar-refractivity contribution in [1.82, 2.24) is 4.98 Å². The molecule has 0 aliphatic heterocycles. The Morgan fingerprint density at radius 1 is 1.03 bits per heavy atom. The van der Waals surface area contributed by atoms with Crippen LogP contribution in [0, 0.1) is 11.8 Å². The highest BCUT2D eigenvalue weighted by molar-refractivity contribution is 9.10. The number of hydrogen-bond donors (Lipinski definition) is 0. The summed E-state index contributed by atoms with van der Waals surface area (Å²) in [5.74, 6) is 5.31. The van der Waals surface area contributed by atoms with Gasteiger partial charge in [-0.05, 0) is 42.5 Å². The quantitative estimate of drug-likeness (QED) is 0.409. The molecule has 1 aromatic heterocycles. The number of benzene rings is 2. The minimum atomic E-state index is -3.04. The van der Waals surface area contributed by atoms with E-state index < -0.39 is 15.6 Å². The fourth-order valence-electron chi connectivity index (χ4n) is 2.35. The molecule has 0 bridgehead atoms. The Morgan fingerprint density at radius 2 is 1.72 bits per heavy atom. The van der Waals surface area contributed by atoms with Crippen molar-refractivity contribution in [3.63, 3.8) is 0 Å². The maximum Gasteiger partial charge on any atom is 0.286 e. The van der Waals surface area contributed by atoms with E-state index >= 15 is 0 Å². The maximum atomic E-state index is 12.9. The molecule has 0 radical (unpaired) electrons. The number of rotatable bonds is 2. The van der Waals surface area contributed by atoms with E-state index in [1.807, 2.05) is 24.3 Å². The average Bonchev–Trinajstić information content (AvgIpc) is 2.65. The van der Waals surface area contributed by atoms with Crippen molar-refractivity contribution < 1.29 is 9.00 Å². The average molecular weight is 508 g/mol. The van der Waals surface area contributed by atoms with Gasteiger partial charge in [-0.3, -0.25) is 9.78 Å². The fourth-order valence-corrected chi connectivity index (χ4v) is 4.62. The summed E-state index contributed by atoms with van der Waals surface area (Å²) < 4.78 is 17.7. The van der Waals surface area contributed by atoms with Gasteiger partial charge in [0, 0.05) is 44.3 Å². The van der Waals surface area contributed by atoms with E-state index in [1.54, 1.807) is 12.3 Å². The van der Waals surface area contributed by atoms with Crippen LogP contribution >= 0.6 is 39.1 Å². The first-order valence-corrected chi connectivity index (χ1v) is 11.7. The molecule has 8 heteroatoms. The maximum absolute atomic E-state index is 12.9. The predicted molar refractivity (Wildman–Crippen MR) is 120 cm³/mol. The lowest BCUT2D eigenvalue weighted by molar-refractivity contribution is 0.100. The third-order valence-corrected chi connectivity index (χ3v) is 6.25. The van der Waals surface area contributed by atoms with Crippen LogP contribution in [0.1, 0.15) is 21.5 Å². The van der Waals surface area contributed by atoms with Crippen molar-refractivity contribution in [2.75, 3.05) is 6.26 Å². The van der Waals surface area contributed by atoms with E-state index in [0.717, 1.165) is 10.0 Å². The van der Waals surface area contributed by atoms with Crippen molar-refractivity contribution >= 4 is 54.8 Å². The standard InChI is InChI=1S/C21H13BrCl2N2O2S/c1-29(28,20-10-18(23)9-19(24)11-20)26-21(27)16-7-15(12-25-13-16)6-5-14-3-2-4-17(22)8-14/h2-4,7-13H,1H3. The van der Waals surface area contributed by atoms with Crippen molar-refractivity contribution in [1.29, 1.82) is 0 Å². The van der Waals surface area contributed by atoms with Crippen molar-refractivity contribution in [2.24, 2.45) is 4.36 Å². The van der Waals surface area contributed by atoms with Crippen LogP contribution in [0.4, 0.5) is 0 Å². The number of pyridine rings is 1. The molecule has 146 valence electrons. The predicted octanol–water partition coefficient (Wildman–Crippen LogP) is 5.85. The van der Waals surface area contributed by atoms with Crippen LogP contribution in [-0.4, -0.2) is 21.4 Å². The highest BCUT2D eigenvalue weighted by atomic mass is 79.9. The first kappa shape index (κ1) is 21.5. The van der Waals surface area contributed by atoms with Crippen molar-refractivity contribution in [3.05, 3.63) is 92.1 Å². The number of carbonyl (C=O) groups excluding carboxylic acids is 1. The molecule has 0 fully saturated rings. The molecule has 1 heterocycles. The van der Waals surface area contributed by atoms with Crippen LogP contribution in [0.5, 0.6) is 0 Å². The molecule has 1 atom stereocenters. The molecule has 1 unspecified atom stereocenters. The molecule has 1 amide bonds. The topological polar surface area (TPSA) is 59.4 Å². The van der Waals surface area contributed by atoms with E-state index in [1.165, 1.54) is 30.7 Å². The van der Waals surface area contributed by atoms with E-state index in [4.69, 9.17) is 23.2 Å². The monoisotopic (exact) mass is 506 g/mol. The SMILES string of the molecule is CS(=O)(=NC(=O)c1cncc(C#Cc2cccc(Br)c2)c1)c1cc(Cl)cc(Cl)c1. The molecule has 0 saturated heterocycles. The van der Waals surface area contributed by atoms with Gasteiger partial charge in [0.05, 0.1) is 20.2 Å². The van der Waals surface area contributed by atoms with Gasteiger partial charge in [-0.1, -0.05) is 57.0 Å². The number of nitrogens with zero attached hydrogens (tertiary/aromatic N) is 2. The first-order valence-electron chi connectivity index (χ1n) is 8.18. The third-order valence-electron chi connectivity index (χ3n) is 3.69. The van der Waals surface area contributed by atoms with Crippen molar-refractivity contribution in [2.45, 2.75) is 4.90 Å². The zero-order chi connectivity index (χ0) is 21.0. The molecule has 2 aromatic carbocycles. The number of hydrogen-bond acceptors (Lipinski definition) is 3. The fraction of sp³-hybridized carbons (Fsp3) is 0.0476. The summed E-state index contributed by atoms with van der Waals surface area (Å²) in [5, 5.41) is 0.632. The van der Waals surface area contributed by atoms with Gasteiger partial charge in [-0.25, -0.2) is 4.21 Å². The molecule has 0 saturated carbocycles. The summed E-state index contributed by atoms with van der Waals surface area (Å²) in [5.41, 5.74) is 1.54. The molecule has 0 aliphatic carbocycles. The molecule has 0 spiro atoms. The summed E-state index contributed by atoms with van der Waals surface area (Å²) in [4.78, 5) is 16.9. The van der Waals surface area contributed by atoms with Crippen molar-refractivity contribution in [3.8, 4) is 11.8 Å². The Bertz CT molecular complexity index is 1270. The summed E-state index contributed by atoms with van der Waals surface area (Å²) >= 11 is 15.3. The molecule has 3 rings (SSSR count). The molecular formula is C21H13BrCl2N2O2S. The highest BCUT2D eigenvalue weighted by Crippen LogP contribution is 2.23. The van der Waals surface area contributed by atoms with E-state index in [-0.39, 0.29) is 10.5 Å². The number of halogens is 3. The van der Waals surface area contributed by atoms with Gasteiger partial charge in [0.1, 0.15) is 0 Å². The van der Waals surface area contributed by atoms with Crippen LogP contribution < -0.4 is 0 Å². The van der Waals surface area contributed by atoms with Crippen LogP contribution in [0.25, 0.3) is 0 Å². The molecule has 4 nitrogen and oxygen atoms in total. The van der Waals surface area contributed by atoms with Gasteiger partial charge >= 0.3 is 0 Å². The van der Waals surface area contributed by atoms with Crippen LogP contribution in [-0.2, 0) is 9.73 Å². The Hall–Kier alpha value is -2.17. The second-order valence-electron chi connectivity index (χ2n) is 6.03. The highest BCUT2D eigenvalue weighted by Gasteiger charge is 2.13. The molecule has 29 heavy (non-hydrogen) atoms. The van der Waals surface area contributed by atoms with Gasteiger partial charge in [-0.15, -0.1) is 0 Å². The van der Waals surface area contributed by atoms with E-state index in [0.29, 0.717) is 15.6 Å². The zero-order valence-corrected chi connectivity index (χ0v) is 18.9. The zero-order valence-electron chi connectivity index (χ0n) is 15.0. The van der Waals surface area contributed by atoms with E-state index in [9.17, 15) is 9.00 Å². The molecule has 0 N–H and O–H groups in total. The van der Waals surface area contributed by atoms with Gasteiger partial charge < -0.3 is 0 Å².